The zero-order chi connectivity index (χ0) is 19.7. The van der Waals surface area contributed by atoms with Crippen molar-refractivity contribution in [1.82, 2.24) is 4.90 Å². The fourth-order valence-corrected chi connectivity index (χ4v) is 3.95. The molecule has 1 heterocycles. The largest absolute Gasteiger partial charge is 0.484 e. The van der Waals surface area contributed by atoms with Crippen LogP contribution < -0.4 is 10.4 Å². The second-order valence-corrected chi connectivity index (χ2v) is 7.31. The number of rotatable bonds is 4. The van der Waals surface area contributed by atoms with Crippen molar-refractivity contribution in [1.29, 1.82) is 0 Å². The van der Waals surface area contributed by atoms with Crippen LogP contribution in [0, 0.1) is 6.92 Å². The molecule has 0 N–H and O–H groups in total. The number of carbonyl (C=O) groups is 1. The minimum atomic E-state index is -0.395. The van der Waals surface area contributed by atoms with Gasteiger partial charge in [-0.25, -0.2) is 4.79 Å². The zero-order valence-corrected chi connectivity index (χ0v) is 16.1. The standard InChI is InChI=1S/C23H23NO4/c1-15-12-23(26)28-21-13-17(10-11-18(15)21)27-14-22(25)24(2)20-9-5-7-16-6-3-4-8-19(16)20/h3-4,6,8,10-13,20H,5,7,9,14H2,1-2H3. The molecule has 0 spiro atoms. The predicted molar refractivity (Wildman–Crippen MR) is 108 cm³/mol. The number of amides is 1. The summed E-state index contributed by atoms with van der Waals surface area (Å²) < 4.78 is 10.9. The Bertz CT molecular complexity index is 1090. The van der Waals surface area contributed by atoms with Crippen molar-refractivity contribution in [2.45, 2.75) is 32.2 Å². The van der Waals surface area contributed by atoms with E-state index in [1.54, 1.807) is 17.0 Å². The summed E-state index contributed by atoms with van der Waals surface area (Å²) in [5, 5.41) is 0.856. The molecule has 0 saturated heterocycles. The van der Waals surface area contributed by atoms with Crippen LogP contribution in [0.5, 0.6) is 5.75 Å². The van der Waals surface area contributed by atoms with Crippen molar-refractivity contribution < 1.29 is 13.9 Å². The molecular formula is C23H23NO4. The number of nitrogens with zero attached hydrogens (tertiary/aromatic N) is 1. The van der Waals surface area contributed by atoms with Crippen LogP contribution >= 0.6 is 0 Å². The van der Waals surface area contributed by atoms with Gasteiger partial charge in [0.1, 0.15) is 11.3 Å². The summed E-state index contributed by atoms with van der Waals surface area (Å²) in [6, 6.07) is 15.2. The first-order valence-corrected chi connectivity index (χ1v) is 9.54. The van der Waals surface area contributed by atoms with E-state index in [2.05, 4.69) is 12.1 Å². The van der Waals surface area contributed by atoms with Crippen LogP contribution in [-0.2, 0) is 11.2 Å². The number of likely N-dealkylation sites (N-methyl/N-ethyl adjacent to an activating group) is 1. The summed E-state index contributed by atoms with van der Waals surface area (Å²) >= 11 is 0. The molecule has 28 heavy (non-hydrogen) atoms. The maximum absolute atomic E-state index is 12.7. The summed E-state index contributed by atoms with van der Waals surface area (Å²) in [6.07, 6.45) is 3.09. The molecule has 0 fully saturated rings. The summed E-state index contributed by atoms with van der Waals surface area (Å²) in [5.41, 5.74) is 3.47. The summed E-state index contributed by atoms with van der Waals surface area (Å²) in [6.45, 7) is 1.80. The highest BCUT2D eigenvalue weighted by Gasteiger charge is 2.26. The first-order valence-electron chi connectivity index (χ1n) is 9.54. The van der Waals surface area contributed by atoms with E-state index in [-0.39, 0.29) is 18.6 Å². The quantitative estimate of drug-likeness (QED) is 0.645. The third-order valence-electron chi connectivity index (χ3n) is 5.48. The smallest absolute Gasteiger partial charge is 0.336 e. The number of ether oxygens (including phenoxy) is 1. The highest BCUT2D eigenvalue weighted by Crippen LogP contribution is 2.33. The molecule has 1 atom stereocenters. The summed E-state index contributed by atoms with van der Waals surface area (Å²) in [4.78, 5) is 26.1. The van der Waals surface area contributed by atoms with E-state index < -0.39 is 5.63 Å². The van der Waals surface area contributed by atoms with Crippen molar-refractivity contribution in [3.63, 3.8) is 0 Å². The van der Waals surface area contributed by atoms with Crippen molar-refractivity contribution in [3.05, 3.63) is 75.6 Å². The van der Waals surface area contributed by atoms with Crippen LogP contribution in [0.15, 0.2) is 57.7 Å². The third kappa shape index (κ3) is 3.52. The van der Waals surface area contributed by atoms with Gasteiger partial charge in [-0.15, -0.1) is 0 Å². The number of hydrogen-bond donors (Lipinski definition) is 0. The monoisotopic (exact) mass is 377 g/mol. The number of carbonyl (C=O) groups excluding carboxylic acids is 1. The van der Waals surface area contributed by atoms with Gasteiger partial charge in [-0.05, 0) is 55.0 Å². The summed E-state index contributed by atoms with van der Waals surface area (Å²) in [7, 11) is 1.83. The average molecular weight is 377 g/mol. The highest BCUT2D eigenvalue weighted by atomic mass is 16.5. The molecule has 4 rings (SSSR count). The molecule has 0 saturated carbocycles. The van der Waals surface area contributed by atoms with Gasteiger partial charge in [0.05, 0.1) is 6.04 Å². The normalized spacial score (nSPS) is 15.9. The van der Waals surface area contributed by atoms with Crippen LogP contribution in [-0.4, -0.2) is 24.5 Å². The van der Waals surface area contributed by atoms with Crippen molar-refractivity contribution >= 4 is 16.9 Å². The lowest BCUT2D eigenvalue weighted by atomic mass is 9.87. The molecule has 1 aliphatic carbocycles. The fraction of sp³-hybridized carbons (Fsp3) is 0.304. The predicted octanol–water partition coefficient (Wildman–Crippen LogP) is 4.02. The lowest BCUT2D eigenvalue weighted by molar-refractivity contribution is -0.134. The molecule has 0 bridgehead atoms. The van der Waals surface area contributed by atoms with Gasteiger partial charge in [-0.2, -0.15) is 0 Å². The van der Waals surface area contributed by atoms with Crippen LogP contribution in [0.4, 0.5) is 0 Å². The molecule has 1 aliphatic rings. The third-order valence-corrected chi connectivity index (χ3v) is 5.48. The maximum atomic E-state index is 12.7. The molecule has 1 amide bonds. The number of benzene rings is 2. The first-order chi connectivity index (χ1) is 13.5. The van der Waals surface area contributed by atoms with Gasteiger partial charge in [0.2, 0.25) is 0 Å². The van der Waals surface area contributed by atoms with E-state index in [9.17, 15) is 9.59 Å². The molecular weight excluding hydrogens is 354 g/mol. The van der Waals surface area contributed by atoms with Gasteiger partial charge < -0.3 is 14.1 Å². The molecule has 5 heteroatoms. The lowest BCUT2D eigenvalue weighted by Crippen LogP contribution is -2.36. The molecule has 3 aromatic rings. The SMILES string of the molecule is Cc1cc(=O)oc2cc(OCC(=O)N(C)C3CCCc4ccccc43)ccc12. The molecule has 5 nitrogen and oxygen atoms in total. The van der Waals surface area contributed by atoms with Crippen LogP contribution in [0.25, 0.3) is 11.0 Å². The van der Waals surface area contributed by atoms with E-state index in [0.717, 1.165) is 30.2 Å². The average Bonchev–Trinajstić information content (AvgIpc) is 2.70. The van der Waals surface area contributed by atoms with E-state index >= 15 is 0 Å². The lowest BCUT2D eigenvalue weighted by Gasteiger charge is -2.33. The molecule has 0 radical (unpaired) electrons. The Balaban J connectivity index is 1.47. The number of fused-ring (bicyclic) bond motifs is 2. The minimum Gasteiger partial charge on any atom is -0.484 e. The van der Waals surface area contributed by atoms with Crippen LogP contribution in [0.1, 0.15) is 35.6 Å². The minimum absolute atomic E-state index is 0.0588. The van der Waals surface area contributed by atoms with E-state index in [0.29, 0.717) is 11.3 Å². The Hall–Kier alpha value is -3.08. The zero-order valence-electron chi connectivity index (χ0n) is 16.1. The van der Waals surface area contributed by atoms with Gasteiger partial charge in [-0.1, -0.05) is 24.3 Å². The number of hydrogen-bond acceptors (Lipinski definition) is 4. The van der Waals surface area contributed by atoms with E-state index in [4.69, 9.17) is 9.15 Å². The van der Waals surface area contributed by atoms with Gasteiger partial charge in [0.15, 0.2) is 6.61 Å². The molecule has 1 unspecified atom stereocenters. The fourth-order valence-electron chi connectivity index (χ4n) is 3.95. The highest BCUT2D eigenvalue weighted by molar-refractivity contribution is 5.82. The first kappa shape index (κ1) is 18.3. The van der Waals surface area contributed by atoms with Gasteiger partial charge in [0.25, 0.3) is 5.91 Å². The van der Waals surface area contributed by atoms with Gasteiger partial charge in [0, 0.05) is 24.6 Å². The van der Waals surface area contributed by atoms with Crippen LogP contribution in [0.2, 0.25) is 0 Å². The molecule has 2 aromatic carbocycles. The van der Waals surface area contributed by atoms with Crippen molar-refractivity contribution in [2.24, 2.45) is 0 Å². The van der Waals surface area contributed by atoms with Crippen molar-refractivity contribution in [3.8, 4) is 5.75 Å². The Labute approximate surface area is 163 Å². The molecule has 0 aliphatic heterocycles. The topological polar surface area (TPSA) is 59.8 Å². The Kier molecular flexibility index (Phi) is 4.90. The second-order valence-electron chi connectivity index (χ2n) is 7.31. The van der Waals surface area contributed by atoms with Crippen LogP contribution in [0.3, 0.4) is 0 Å². The second kappa shape index (κ2) is 7.50. The van der Waals surface area contributed by atoms with Gasteiger partial charge >= 0.3 is 5.63 Å². The Morgan fingerprint density at radius 1 is 1.21 bits per heavy atom. The number of aryl methyl sites for hydroxylation is 2. The van der Waals surface area contributed by atoms with E-state index in [1.807, 2.05) is 32.2 Å². The molecule has 144 valence electrons. The van der Waals surface area contributed by atoms with Crippen molar-refractivity contribution in [2.75, 3.05) is 13.7 Å². The maximum Gasteiger partial charge on any atom is 0.336 e. The Morgan fingerprint density at radius 2 is 2.04 bits per heavy atom. The summed E-state index contributed by atoms with van der Waals surface area (Å²) in [5.74, 6) is 0.430. The van der Waals surface area contributed by atoms with Gasteiger partial charge in [-0.3, -0.25) is 4.79 Å². The molecule has 1 aromatic heterocycles. The Morgan fingerprint density at radius 3 is 2.89 bits per heavy atom. The van der Waals surface area contributed by atoms with E-state index in [1.165, 1.54) is 17.2 Å².